The second-order valence-electron chi connectivity index (χ2n) is 6.80. The zero-order valence-electron chi connectivity index (χ0n) is 12.9. The Bertz CT molecular complexity index is 502. The molecule has 0 radical (unpaired) electrons. The van der Waals surface area contributed by atoms with Crippen molar-refractivity contribution in [3.63, 3.8) is 0 Å². The summed E-state index contributed by atoms with van der Waals surface area (Å²) in [6.45, 7) is 2.88. The van der Waals surface area contributed by atoms with Crippen LogP contribution in [0.4, 0.5) is 0 Å². The van der Waals surface area contributed by atoms with Crippen molar-refractivity contribution in [3.8, 4) is 0 Å². The highest BCUT2D eigenvalue weighted by molar-refractivity contribution is 5.79. The molecule has 1 aromatic carbocycles. The van der Waals surface area contributed by atoms with Crippen LogP contribution >= 0.6 is 0 Å². The molecule has 3 nitrogen and oxygen atoms in total. The molecule has 0 atom stereocenters. The smallest absolute Gasteiger partial charge is 0.226 e. The van der Waals surface area contributed by atoms with E-state index in [0.29, 0.717) is 18.0 Å². The first kappa shape index (κ1) is 14.6. The third kappa shape index (κ3) is 3.65. The van der Waals surface area contributed by atoms with E-state index in [1.54, 1.807) is 0 Å². The minimum absolute atomic E-state index is 0.204. The monoisotopic (exact) mass is 286 g/mol. The summed E-state index contributed by atoms with van der Waals surface area (Å²) in [5.74, 6) is 0.570. The number of hydrogen-bond acceptors (Lipinski definition) is 2. The lowest BCUT2D eigenvalue weighted by Gasteiger charge is -2.31. The van der Waals surface area contributed by atoms with Crippen LogP contribution in [0, 0.1) is 12.8 Å². The standard InChI is InChI=1S/C18H26N2O/c1-13-3-2-4-14(11-13)12-20(17-9-10-17)18(21)15-5-7-16(19)8-6-15/h2-4,11,15-17H,5-10,12,19H2,1H3. The van der Waals surface area contributed by atoms with Crippen LogP contribution in [-0.2, 0) is 11.3 Å². The Kier molecular flexibility index (Phi) is 4.29. The van der Waals surface area contributed by atoms with E-state index in [2.05, 4.69) is 36.1 Å². The number of benzene rings is 1. The number of nitrogens with zero attached hydrogens (tertiary/aromatic N) is 1. The highest BCUT2D eigenvalue weighted by atomic mass is 16.2. The normalized spacial score (nSPS) is 25.6. The van der Waals surface area contributed by atoms with E-state index in [-0.39, 0.29) is 5.92 Å². The summed E-state index contributed by atoms with van der Waals surface area (Å²) in [6, 6.07) is 9.30. The van der Waals surface area contributed by atoms with Gasteiger partial charge in [0, 0.05) is 24.5 Å². The fraction of sp³-hybridized carbons (Fsp3) is 0.611. The molecule has 21 heavy (non-hydrogen) atoms. The van der Waals surface area contributed by atoms with E-state index < -0.39 is 0 Å². The Morgan fingerprint density at radius 3 is 2.52 bits per heavy atom. The summed E-state index contributed by atoms with van der Waals surface area (Å²) in [6.07, 6.45) is 6.28. The lowest BCUT2D eigenvalue weighted by molar-refractivity contribution is -0.137. The Balaban J connectivity index is 1.68. The van der Waals surface area contributed by atoms with Crippen molar-refractivity contribution >= 4 is 5.91 Å². The molecule has 0 spiro atoms. The average Bonchev–Trinajstić information content (AvgIpc) is 3.29. The second kappa shape index (κ2) is 6.18. The van der Waals surface area contributed by atoms with Gasteiger partial charge in [-0.05, 0) is 51.0 Å². The summed E-state index contributed by atoms with van der Waals surface area (Å²) in [5.41, 5.74) is 8.48. The van der Waals surface area contributed by atoms with Crippen molar-refractivity contribution in [2.75, 3.05) is 0 Å². The predicted octanol–water partition coefficient (Wildman–Crippen LogP) is 3.00. The van der Waals surface area contributed by atoms with Gasteiger partial charge in [0.15, 0.2) is 0 Å². The van der Waals surface area contributed by atoms with E-state index in [1.165, 1.54) is 24.0 Å². The van der Waals surface area contributed by atoms with Crippen LogP contribution in [0.25, 0.3) is 0 Å². The van der Waals surface area contributed by atoms with Gasteiger partial charge in [-0.1, -0.05) is 29.8 Å². The number of hydrogen-bond donors (Lipinski definition) is 1. The lowest BCUT2D eigenvalue weighted by atomic mass is 9.85. The third-order valence-corrected chi connectivity index (χ3v) is 4.83. The van der Waals surface area contributed by atoms with Crippen molar-refractivity contribution in [2.24, 2.45) is 11.7 Å². The topological polar surface area (TPSA) is 46.3 Å². The number of amides is 1. The van der Waals surface area contributed by atoms with Gasteiger partial charge in [0.2, 0.25) is 5.91 Å². The molecule has 0 heterocycles. The molecule has 2 aliphatic carbocycles. The number of carbonyl (C=O) groups excluding carboxylic acids is 1. The van der Waals surface area contributed by atoms with Crippen LogP contribution in [0.3, 0.4) is 0 Å². The van der Waals surface area contributed by atoms with E-state index >= 15 is 0 Å². The first-order valence-corrected chi connectivity index (χ1v) is 8.25. The van der Waals surface area contributed by atoms with Crippen LogP contribution in [-0.4, -0.2) is 22.9 Å². The summed E-state index contributed by atoms with van der Waals surface area (Å²) in [7, 11) is 0. The highest BCUT2D eigenvalue weighted by Crippen LogP contribution is 2.33. The van der Waals surface area contributed by atoms with Crippen molar-refractivity contribution in [1.82, 2.24) is 4.90 Å². The Hall–Kier alpha value is -1.35. The summed E-state index contributed by atoms with van der Waals surface area (Å²) < 4.78 is 0. The van der Waals surface area contributed by atoms with Gasteiger partial charge in [0.1, 0.15) is 0 Å². The molecule has 2 aliphatic rings. The fourth-order valence-electron chi connectivity index (χ4n) is 3.38. The maximum Gasteiger partial charge on any atom is 0.226 e. The molecule has 3 rings (SSSR count). The van der Waals surface area contributed by atoms with Crippen molar-refractivity contribution in [3.05, 3.63) is 35.4 Å². The van der Waals surface area contributed by atoms with Crippen LogP contribution in [0.5, 0.6) is 0 Å². The summed E-state index contributed by atoms with van der Waals surface area (Å²) >= 11 is 0. The minimum Gasteiger partial charge on any atom is -0.335 e. The van der Waals surface area contributed by atoms with E-state index in [0.717, 1.165) is 32.2 Å². The molecule has 2 saturated carbocycles. The second-order valence-corrected chi connectivity index (χ2v) is 6.80. The Labute approximate surface area is 127 Å². The van der Waals surface area contributed by atoms with Crippen LogP contribution in [0.1, 0.15) is 49.7 Å². The van der Waals surface area contributed by atoms with Crippen molar-refractivity contribution in [2.45, 2.75) is 64.1 Å². The molecule has 114 valence electrons. The van der Waals surface area contributed by atoms with E-state index in [9.17, 15) is 4.79 Å². The molecule has 0 saturated heterocycles. The Morgan fingerprint density at radius 1 is 1.19 bits per heavy atom. The molecule has 0 aromatic heterocycles. The average molecular weight is 286 g/mol. The maximum atomic E-state index is 12.9. The van der Waals surface area contributed by atoms with Gasteiger partial charge in [-0.25, -0.2) is 0 Å². The molecular formula is C18H26N2O. The molecule has 1 amide bonds. The molecule has 0 unspecified atom stereocenters. The van der Waals surface area contributed by atoms with Gasteiger partial charge in [0.05, 0.1) is 0 Å². The van der Waals surface area contributed by atoms with Gasteiger partial charge in [-0.15, -0.1) is 0 Å². The SMILES string of the molecule is Cc1cccc(CN(C(=O)C2CCC(N)CC2)C2CC2)c1. The number of rotatable bonds is 4. The van der Waals surface area contributed by atoms with Crippen molar-refractivity contribution in [1.29, 1.82) is 0 Å². The molecule has 0 bridgehead atoms. The molecular weight excluding hydrogens is 260 g/mol. The van der Waals surface area contributed by atoms with Gasteiger partial charge in [0.25, 0.3) is 0 Å². The summed E-state index contributed by atoms with van der Waals surface area (Å²) in [5, 5.41) is 0. The zero-order chi connectivity index (χ0) is 14.8. The molecule has 0 aliphatic heterocycles. The van der Waals surface area contributed by atoms with Crippen LogP contribution < -0.4 is 5.73 Å². The molecule has 3 heteroatoms. The number of carbonyl (C=O) groups is 1. The summed E-state index contributed by atoms with van der Waals surface area (Å²) in [4.78, 5) is 15.0. The van der Waals surface area contributed by atoms with Crippen LogP contribution in [0.2, 0.25) is 0 Å². The van der Waals surface area contributed by atoms with E-state index in [4.69, 9.17) is 5.73 Å². The fourth-order valence-corrected chi connectivity index (χ4v) is 3.38. The zero-order valence-corrected chi connectivity index (χ0v) is 12.9. The van der Waals surface area contributed by atoms with Gasteiger partial charge < -0.3 is 10.6 Å². The Morgan fingerprint density at radius 2 is 1.90 bits per heavy atom. The van der Waals surface area contributed by atoms with Gasteiger partial charge >= 0.3 is 0 Å². The first-order valence-electron chi connectivity index (χ1n) is 8.25. The van der Waals surface area contributed by atoms with Crippen molar-refractivity contribution < 1.29 is 4.79 Å². The van der Waals surface area contributed by atoms with Crippen LogP contribution in [0.15, 0.2) is 24.3 Å². The van der Waals surface area contributed by atoms with Gasteiger partial charge in [-0.3, -0.25) is 4.79 Å². The lowest BCUT2D eigenvalue weighted by Crippen LogP contribution is -2.40. The predicted molar refractivity (Wildman–Crippen MR) is 84.7 cm³/mol. The largest absolute Gasteiger partial charge is 0.335 e. The molecule has 1 aromatic rings. The minimum atomic E-state index is 0.204. The third-order valence-electron chi connectivity index (χ3n) is 4.83. The highest BCUT2D eigenvalue weighted by Gasteiger charge is 2.36. The van der Waals surface area contributed by atoms with Gasteiger partial charge in [-0.2, -0.15) is 0 Å². The quantitative estimate of drug-likeness (QED) is 0.925. The number of aryl methyl sites for hydroxylation is 1. The molecule has 2 N–H and O–H groups in total. The van der Waals surface area contributed by atoms with E-state index in [1.807, 2.05) is 0 Å². The number of nitrogens with two attached hydrogens (primary N) is 1. The first-order chi connectivity index (χ1) is 10.1. The maximum absolute atomic E-state index is 12.9. The molecule has 2 fully saturated rings.